The molecule has 1 aromatic carbocycles. The fraction of sp³-hybridized carbons (Fsp3) is 0.571. The van der Waals surface area contributed by atoms with Crippen molar-refractivity contribution in [3.8, 4) is 0 Å². The summed E-state index contributed by atoms with van der Waals surface area (Å²) in [5.74, 6) is 0.574. The van der Waals surface area contributed by atoms with Crippen molar-refractivity contribution in [3.05, 3.63) is 35.9 Å². The van der Waals surface area contributed by atoms with E-state index in [0.29, 0.717) is 5.92 Å². The summed E-state index contributed by atoms with van der Waals surface area (Å²) in [5, 5.41) is 0. The molecule has 0 saturated carbocycles. The maximum atomic E-state index is 6.21. The Balaban J connectivity index is 2.67. The van der Waals surface area contributed by atoms with E-state index in [-0.39, 0.29) is 5.54 Å². The third-order valence-corrected chi connectivity index (χ3v) is 3.01. The van der Waals surface area contributed by atoms with E-state index >= 15 is 0 Å². The molecule has 0 heterocycles. The van der Waals surface area contributed by atoms with Gasteiger partial charge in [-0.25, -0.2) is 0 Å². The summed E-state index contributed by atoms with van der Waals surface area (Å²) >= 11 is 0. The van der Waals surface area contributed by atoms with Gasteiger partial charge in [-0.2, -0.15) is 0 Å². The normalized spacial score (nSPS) is 13.9. The van der Waals surface area contributed by atoms with Gasteiger partial charge in [0.1, 0.15) is 0 Å². The molecule has 0 aliphatic rings. The highest BCUT2D eigenvalue weighted by atomic mass is 14.7. The zero-order valence-electron chi connectivity index (χ0n) is 10.2. The molecule has 0 bridgehead atoms. The molecule has 0 aromatic heterocycles. The molecule has 0 amide bonds. The van der Waals surface area contributed by atoms with Crippen LogP contribution in [0.25, 0.3) is 0 Å². The minimum Gasteiger partial charge on any atom is -0.325 e. The molecular weight excluding hydrogens is 182 g/mol. The second kappa shape index (κ2) is 5.32. The third kappa shape index (κ3) is 4.05. The Morgan fingerprint density at radius 1 is 1.20 bits per heavy atom. The number of nitrogens with two attached hydrogens (primary N) is 1. The van der Waals surface area contributed by atoms with Crippen LogP contribution < -0.4 is 5.73 Å². The van der Waals surface area contributed by atoms with Crippen LogP contribution in [0.3, 0.4) is 0 Å². The van der Waals surface area contributed by atoms with Gasteiger partial charge in [-0.05, 0) is 38.2 Å². The van der Waals surface area contributed by atoms with E-state index in [1.165, 1.54) is 18.4 Å². The minimum absolute atomic E-state index is 0.0775. The molecule has 1 aromatic rings. The van der Waals surface area contributed by atoms with E-state index in [1.807, 2.05) is 0 Å². The van der Waals surface area contributed by atoms with Crippen molar-refractivity contribution in [2.75, 3.05) is 0 Å². The molecule has 0 saturated heterocycles. The topological polar surface area (TPSA) is 26.0 Å². The monoisotopic (exact) mass is 205 g/mol. The van der Waals surface area contributed by atoms with Crippen molar-refractivity contribution in [3.63, 3.8) is 0 Å². The van der Waals surface area contributed by atoms with Crippen LogP contribution in [0.4, 0.5) is 0 Å². The second-order valence-corrected chi connectivity index (χ2v) is 5.00. The van der Waals surface area contributed by atoms with Gasteiger partial charge in [0.25, 0.3) is 0 Å². The Morgan fingerprint density at radius 2 is 1.80 bits per heavy atom. The molecule has 0 aliphatic carbocycles. The number of hydrogen-bond donors (Lipinski definition) is 1. The van der Waals surface area contributed by atoms with Gasteiger partial charge in [0.2, 0.25) is 0 Å². The Kier molecular flexibility index (Phi) is 4.34. The first-order valence-electron chi connectivity index (χ1n) is 5.87. The first-order valence-corrected chi connectivity index (χ1v) is 5.87. The Bertz CT molecular complexity index is 271. The fourth-order valence-corrected chi connectivity index (χ4v) is 1.98. The summed E-state index contributed by atoms with van der Waals surface area (Å²) < 4.78 is 0. The average molecular weight is 205 g/mol. The molecule has 1 rings (SSSR count). The Hall–Kier alpha value is -0.820. The van der Waals surface area contributed by atoms with Crippen molar-refractivity contribution in [1.29, 1.82) is 0 Å². The minimum atomic E-state index is -0.0775. The highest BCUT2D eigenvalue weighted by molar-refractivity contribution is 5.16. The summed E-state index contributed by atoms with van der Waals surface area (Å²) in [7, 11) is 0. The first-order chi connectivity index (χ1) is 7.04. The maximum absolute atomic E-state index is 6.21. The van der Waals surface area contributed by atoms with E-state index < -0.39 is 0 Å². The van der Waals surface area contributed by atoms with Gasteiger partial charge in [0.05, 0.1) is 0 Å². The molecule has 0 spiro atoms. The molecule has 1 atom stereocenters. The molecule has 15 heavy (non-hydrogen) atoms. The van der Waals surface area contributed by atoms with Crippen LogP contribution in [0.2, 0.25) is 0 Å². The second-order valence-electron chi connectivity index (χ2n) is 5.00. The van der Waals surface area contributed by atoms with E-state index in [2.05, 4.69) is 51.1 Å². The molecule has 0 fully saturated rings. The highest BCUT2D eigenvalue weighted by Crippen LogP contribution is 2.23. The zero-order valence-corrected chi connectivity index (χ0v) is 10.2. The smallest absolute Gasteiger partial charge is 0.0129 e. The van der Waals surface area contributed by atoms with Crippen molar-refractivity contribution in [2.24, 2.45) is 11.7 Å². The molecule has 84 valence electrons. The van der Waals surface area contributed by atoms with Gasteiger partial charge in [-0.3, -0.25) is 0 Å². The van der Waals surface area contributed by atoms with Gasteiger partial charge >= 0.3 is 0 Å². The van der Waals surface area contributed by atoms with E-state index in [1.54, 1.807) is 0 Å². The summed E-state index contributed by atoms with van der Waals surface area (Å²) in [4.78, 5) is 0. The number of hydrogen-bond acceptors (Lipinski definition) is 1. The zero-order chi connectivity index (χ0) is 11.3. The van der Waals surface area contributed by atoms with Gasteiger partial charge in [0, 0.05) is 5.54 Å². The van der Waals surface area contributed by atoms with Crippen LogP contribution in [-0.2, 0) is 6.42 Å². The van der Waals surface area contributed by atoms with Crippen molar-refractivity contribution >= 4 is 0 Å². The number of benzene rings is 1. The molecule has 0 radical (unpaired) electrons. The standard InChI is InChI=1S/C14H23N/c1-4-8-13(14(2,3)15)11-12-9-6-5-7-10-12/h5-7,9-10,13H,4,8,11,15H2,1-3H3. The lowest BCUT2D eigenvalue weighted by molar-refractivity contribution is 0.297. The quantitative estimate of drug-likeness (QED) is 0.783. The Morgan fingerprint density at radius 3 is 2.27 bits per heavy atom. The van der Waals surface area contributed by atoms with Crippen molar-refractivity contribution in [2.45, 2.75) is 45.6 Å². The maximum Gasteiger partial charge on any atom is 0.0129 e. The summed E-state index contributed by atoms with van der Waals surface area (Å²) in [5.41, 5.74) is 7.53. The largest absolute Gasteiger partial charge is 0.325 e. The van der Waals surface area contributed by atoms with Crippen LogP contribution in [0, 0.1) is 5.92 Å². The molecule has 1 heteroatoms. The summed E-state index contributed by atoms with van der Waals surface area (Å²) in [6.45, 7) is 6.50. The van der Waals surface area contributed by atoms with Crippen LogP contribution in [0.15, 0.2) is 30.3 Å². The SMILES string of the molecule is CCCC(Cc1ccccc1)C(C)(C)N. The van der Waals surface area contributed by atoms with Crippen molar-refractivity contribution < 1.29 is 0 Å². The van der Waals surface area contributed by atoms with Gasteiger partial charge in [0.15, 0.2) is 0 Å². The Labute approximate surface area is 93.7 Å². The van der Waals surface area contributed by atoms with Crippen molar-refractivity contribution in [1.82, 2.24) is 0 Å². The predicted octanol–water partition coefficient (Wildman–Crippen LogP) is 3.38. The van der Waals surface area contributed by atoms with Gasteiger partial charge in [-0.15, -0.1) is 0 Å². The lowest BCUT2D eigenvalue weighted by atomic mass is 9.80. The molecule has 1 nitrogen and oxygen atoms in total. The predicted molar refractivity (Wildman–Crippen MR) is 66.8 cm³/mol. The van der Waals surface area contributed by atoms with Crippen LogP contribution in [0.5, 0.6) is 0 Å². The van der Waals surface area contributed by atoms with Crippen LogP contribution in [-0.4, -0.2) is 5.54 Å². The number of rotatable bonds is 5. The van der Waals surface area contributed by atoms with Crippen LogP contribution in [0.1, 0.15) is 39.2 Å². The molecule has 1 unspecified atom stereocenters. The van der Waals surface area contributed by atoms with Crippen LogP contribution >= 0.6 is 0 Å². The van der Waals surface area contributed by atoms with E-state index in [9.17, 15) is 0 Å². The lowest BCUT2D eigenvalue weighted by Crippen LogP contribution is -2.41. The molecule has 2 N–H and O–H groups in total. The highest BCUT2D eigenvalue weighted by Gasteiger charge is 2.24. The van der Waals surface area contributed by atoms with E-state index in [0.717, 1.165) is 6.42 Å². The fourth-order valence-electron chi connectivity index (χ4n) is 1.98. The van der Waals surface area contributed by atoms with Gasteiger partial charge in [-0.1, -0.05) is 43.7 Å². The summed E-state index contributed by atoms with van der Waals surface area (Å²) in [6, 6.07) is 10.6. The first kappa shape index (κ1) is 12.3. The molecular formula is C14H23N. The third-order valence-electron chi connectivity index (χ3n) is 3.01. The average Bonchev–Trinajstić information content (AvgIpc) is 2.17. The molecule has 0 aliphatic heterocycles. The lowest BCUT2D eigenvalue weighted by Gasteiger charge is -2.30. The van der Waals surface area contributed by atoms with E-state index in [4.69, 9.17) is 5.73 Å². The van der Waals surface area contributed by atoms with Gasteiger partial charge < -0.3 is 5.73 Å². The summed E-state index contributed by atoms with van der Waals surface area (Å²) in [6.07, 6.45) is 3.51.